The predicted octanol–water partition coefficient (Wildman–Crippen LogP) is 4.36. The van der Waals surface area contributed by atoms with Crippen LogP contribution in [0.25, 0.3) is 0 Å². The van der Waals surface area contributed by atoms with Crippen LogP contribution in [-0.2, 0) is 16.1 Å². The van der Waals surface area contributed by atoms with Gasteiger partial charge in [0, 0.05) is 18.4 Å². The minimum absolute atomic E-state index is 0.0403. The van der Waals surface area contributed by atoms with E-state index in [9.17, 15) is 18.8 Å². The quantitative estimate of drug-likeness (QED) is 0.647. The number of amides is 2. The molecular weight excluding hydrogens is 349 g/mol. The number of ketones is 1. The first-order valence-electron chi connectivity index (χ1n) is 8.81. The van der Waals surface area contributed by atoms with E-state index in [2.05, 4.69) is 0 Å². The zero-order valence-corrected chi connectivity index (χ0v) is 15.2. The van der Waals surface area contributed by atoms with Crippen molar-refractivity contribution < 1.29 is 23.5 Å². The highest BCUT2D eigenvalue weighted by molar-refractivity contribution is 5.96. The van der Waals surface area contributed by atoms with E-state index in [1.807, 2.05) is 30.3 Å². The zero-order valence-electron chi connectivity index (χ0n) is 15.2. The molecule has 2 aromatic rings. The monoisotopic (exact) mass is 371 g/mol. The summed E-state index contributed by atoms with van der Waals surface area (Å²) in [4.78, 5) is 37.8. The second kappa shape index (κ2) is 10.2. The van der Waals surface area contributed by atoms with Gasteiger partial charge in [-0.25, -0.2) is 14.1 Å². The van der Waals surface area contributed by atoms with Gasteiger partial charge in [-0.15, -0.1) is 0 Å². The number of Topliss-reactive ketones (excluding diaryl/α,β-unsaturated/α-hetero) is 1. The van der Waals surface area contributed by atoms with Crippen molar-refractivity contribution in [3.63, 3.8) is 0 Å². The van der Waals surface area contributed by atoms with Crippen molar-refractivity contribution in [3.8, 4) is 0 Å². The molecular formula is C21H22FNO4. The molecule has 0 saturated carbocycles. The number of rotatable bonds is 8. The van der Waals surface area contributed by atoms with E-state index in [0.717, 1.165) is 10.5 Å². The Balaban J connectivity index is 1.93. The van der Waals surface area contributed by atoms with Crippen molar-refractivity contribution in [2.24, 2.45) is 0 Å². The van der Waals surface area contributed by atoms with Crippen molar-refractivity contribution in [2.45, 2.75) is 32.7 Å². The van der Waals surface area contributed by atoms with Gasteiger partial charge >= 0.3 is 6.09 Å². The lowest BCUT2D eigenvalue weighted by atomic mass is 10.1. The van der Waals surface area contributed by atoms with Crippen LogP contribution in [-0.4, -0.2) is 29.3 Å². The number of carbonyl (C=O) groups is 3. The summed E-state index contributed by atoms with van der Waals surface area (Å²) in [5, 5.41) is 0. The molecule has 2 aromatic carbocycles. The van der Waals surface area contributed by atoms with Crippen LogP contribution in [0, 0.1) is 5.82 Å². The molecule has 6 heteroatoms. The number of imide groups is 1. The number of benzene rings is 2. The average molecular weight is 371 g/mol. The molecule has 5 nitrogen and oxygen atoms in total. The number of hydrogen-bond acceptors (Lipinski definition) is 4. The Labute approximate surface area is 157 Å². The minimum atomic E-state index is -0.698. The van der Waals surface area contributed by atoms with Crippen LogP contribution >= 0.6 is 0 Å². The van der Waals surface area contributed by atoms with E-state index < -0.39 is 17.8 Å². The summed E-state index contributed by atoms with van der Waals surface area (Å²) in [5.41, 5.74) is 1.21. The molecule has 0 aliphatic carbocycles. The van der Waals surface area contributed by atoms with Gasteiger partial charge in [0.2, 0.25) is 5.91 Å². The molecule has 0 N–H and O–H groups in total. The Morgan fingerprint density at radius 3 is 2.26 bits per heavy atom. The lowest BCUT2D eigenvalue weighted by molar-refractivity contribution is -0.130. The molecule has 0 heterocycles. The normalized spacial score (nSPS) is 10.3. The number of nitrogens with zero attached hydrogens (tertiary/aromatic N) is 1. The fourth-order valence-electron chi connectivity index (χ4n) is 2.54. The summed E-state index contributed by atoms with van der Waals surface area (Å²) in [5.74, 6) is -0.981. The van der Waals surface area contributed by atoms with Gasteiger partial charge in [-0.3, -0.25) is 9.59 Å². The molecule has 0 aliphatic heterocycles. The van der Waals surface area contributed by atoms with Crippen LogP contribution in [0.3, 0.4) is 0 Å². The van der Waals surface area contributed by atoms with E-state index in [4.69, 9.17) is 4.74 Å². The Morgan fingerprint density at radius 2 is 1.63 bits per heavy atom. The van der Waals surface area contributed by atoms with Crippen LogP contribution < -0.4 is 0 Å². The van der Waals surface area contributed by atoms with E-state index in [0.29, 0.717) is 12.0 Å². The van der Waals surface area contributed by atoms with Crippen molar-refractivity contribution in [1.82, 2.24) is 4.90 Å². The van der Waals surface area contributed by atoms with Crippen LogP contribution in [0.5, 0.6) is 0 Å². The summed E-state index contributed by atoms with van der Waals surface area (Å²) >= 11 is 0. The molecule has 0 unspecified atom stereocenters. The van der Waals surface area contributed by atoms with Gasteiger partial charge in [-0.2, -0.15) is 0 Å². The topological polar surface area (TPSA) is 63.7 Å². The van der Waals surface area contributed by atoms with Gasteiger partial charge in [-0.1, -0.05) is 30.3 Å². The van der Waals surface area contributed by atoms with Gasteiger partial charge in [-0.05, 0) is 43.2 Å². The van der Waals surface area contributed by atoms with E-state index in [-0.39, 0.29) is 31.8 Å². The zero-order chi connectivity index (χ0) is 19.6. The number of halogens is 1. The van der Waals surface area contributed by atoms with E-state index in [1.54, 1.807) is 6.92 Å². The highest BCUT2D eigenvalue weighted by Gasteiger charge is 2.23. The third kappa shape index (κ3) is 6.33. The summed E-state index contributed by atoms with van der Waals surface area (Å²) in [7, 11) is 0. The van der Waals surface area contributed by atoms with Crippen LogP contribution in [0.1, 0.15) is 42.1 Å². The second-order valence-electron chi connectivity index (χ2n) is 5.95. The van der Waals surface area contributed by atoms with Gasteiger partial charge in [0.25, 0.3) is 0 Å². The van der Waals surface area contributed by atoms with Crippen molar-refractivity contribution in [3.05, 3.63) is 71.5 Å². The van der Waals surface area contributed by atoms with Gasteiger partial charge < -0.3 is 4.74 Å². The van der Waals surface area contributed by atoms with Crippen LogP contribution in [0.4, 0.5) is 9.18 Å². The summed E-state index contributed by atoms with van der Waals surface area (Å²) < 4.78 is 17.9. The maximum Gasteiger partial charge on any atom is 0.416 e. The molecule has 0 atom stereocenters. The molecule has 0 radical (unpaired) electrons. The fourth-order valence-corrected chi connectivity index (χ4v) is 2.54. The molecule has 27 heavy (non-hydrogen) atoms. The average Bonchev–Trinajstić information content (AvgIpc) is 2.67. The maximum absolute atomic E-state index is 12.9. The third-order valence-electron chi connectivity index (χ3n) is 3.93. The predicted molar refractivity (Wildman–Crippen MR) is 98.6 cm³/mol. The van der Waals surface area contributed by atoms with Crippen LogP contribution in [0.15, 0.2) is 54.6 Å². The van der Waals surface area contributed by atoms with Crippen molar-refractivity contribution in [2.75, 3.05) is 6.61 Å². The lowest BCUT2D eigenvalue weighted by Crippen LogP contribution is -2.36. The van der Waals surface area contributed by atoms with Gasteiger partial charge in [0.1, 0.15) is 5.82 Å². The fraction of sp³-hybridized carbons (Fsp3) is 0.286. The van der Waals surface area contributed by atoms with Crippen LogP contribution in [0.2, 0.25) is 0 Å². The highest BCUT2D eigenvalue weighted by Crippen LogP contribution is 2.12. The Bertz CT molecular complexity index is 775. The standard InChI is InChI=1S/C21H22FNO4/c1-2-27-21(26)23(15-16-7-4-3-5-8-16)20(25)10-6-9-19(24)17-11-13-18(22)14-12-17/h3-5,7-8,11-14H,2,6,9-10,15H2,1H3. The van der Waals surface area contributed by atoms with Crippen molar-refractivity contribution in [1.29, 1.82) is 0 Å². The maximum atomic E-state index is 12.9. The molecule has 0 saturated heterocycles. The molecule has 0 aliphatic rings. The first kappa shape index (κ1) is 20.3. The number of hydrogen-bond donors (Lipinski definition) is 0. The van der Waals surface area contributed by atoms with Crippen molar-refractivity contribution >= 4 is 17.8 Å². The molecule has 0 fully saturated rings. The summed E-state index contributed by atoms with van der Waals surface area (Å²) in [6, 6.07) is 14.4. The second-order valence-corrected chi connectivity index (χ2v) is 5.95. The summed E-state index contributed by atoms with van der Waals surface area (Å²) in [6.45, 7) is 1.95. The SMILES string of the molecule is CCOC(=O)N(Cc1ccccc1)C(=O)CCCC(=O)c1ccc(F)cc1. The molecule has 2 rings (SSSR count). The molecule has 0 aromatic heterocycles. The van der Waals surface area contributed by atoms with E-state index in [1.165, 1.54) is 24.3 Å². The first-order chi connectivity index (χ1) is 13.0. The van der Waals surface area contributed by atoms with E-state index >= 15 is 0 Å². The number of carbonyl (C=O) groups excluding carboxylic acids is 3. The first-order valence-corrected chi connectivity index (χ1v) is 8.81. The minimum Gasteiger partial charge on any atom is -0.449 e. The lowest BCUT2D eigenvalue weighted by Gasteiger charge is -2.20. The number of ether oxygens (including phenoxy) is 1. The Kier molecular flexibility index (Phi) is 7.67. The summed E-state index contributed by atoms with van der Waals surface area (Å²) in [6.07, 6.45) is -0.228. The third-order valence-corrected chi connectivity index (χ3v) is 3.93. The highest BCUT2D eigenvalue weighted by atomic mass is 19.1. The Morgan fingerprint density at radius 1 is 0.963 bits per heavy atom. The molecule has 0 spiro atoms. The molecule has 2 amide bonds. The molecule has 0 bridgehead atoms. The Hall–Kier alpha value is -3.02. The smallest absolute Gasteiger partial charge is 0.416 e. The van der Waals surface area contributed by atoms with Gasteiger partial charge in [0.05, 0.1) is 13.2 Å². The largest absolute Gasteiger partial charge is 0.449 e. The van der Waals surface area contributed by atoms with Gasteiger partial charge in [0.15, 0.2) is 5.78 Å². The molecule has 142 valence electrons.